The van der Waals surface area contributed by atoms with Crippen molar-refractivity contribution in [2.45, 2.75) is 63.6 Å². The zero-order chi connectivity index (χ0) is 20.0. The van der Waals surface area contributed by atoms with Crippen LogP contribution in [0.3, 0.4) is 0 Å². The summed E-state index contributed by atoms with van der Waals surface area (Å²) in [4.78, 5) is 12.8. The van der Waals surface area contributed by atoms with Crippen molar-refractivity contribution in [3.8, 4) is 0 Å². The van der Waals surface area contributed by atoms with Crippen molar-refractivity contribution < 1.29 is 13.6 Å². The number of benzene rings is 1. The van der Waals surface area contributed by atoms with Crippen molar-refractivity contribution >= 4 is 17.0 Å². The zero-order valence-electron chi connectivity index (χ0n) is 16.4. The van der Waals surface area contributed by atoms with Gasteiger partial charge in [0.2, 0.25) is 0 Å². The molecule has 0 bridgehead atoms. The number of fused-ring (bicyclic) bond motifs is 2. The standard InChI is InChI=1S/C21H24FN5O2/c1-13(16-12-14-6-4-7-15(22)18(14)29-16)23-20(28)24-21(9-5-10-21)19-26-25-17-8-2-3-11-27(17)19/h4,6-7,12-13H,2-3,5,8-11H2,1H3,(H2,23,24,28). The molecule has 7 nitrogen and oxygen atoms in total. The molecule has 3 aromatic rings. The smallest absolute Gasteiger partial charge is 0.316 e. The summed E-state index contributed by atoms with van der Waals surface area (Å²) < 4.78 is 21.7. The molecule has 29 heavy (non-hydrogen) atoms. The molecule has 1 atom stereocenters. The van der Waals surface area contributed by atoms with Crippen LogP contribution in [0.5, 0.6) is 0 Å². The van der Waals surface area contributed by atoms with Gasteiger partial charge in [-0.05, 0) is 51.2 Å². The largest absolute Gasteiger partial charge is 0.456 e. The van der Waals surface area contributed by atoms with Crippen LogP contribution in [0, 0.1) is 5.82 Å². The number of furan rings is 1. The number of aryl methyl sites for hydroxylation is 1. The van der Waals surface area contributed by atoms with E-state index in [1.54, 1.807) is 18.2 Å². The third-order valence-electron chi connectivity index (χ3n) is 6.14. The van der Waals surface area contributed by atoms with E-state index in [2.05, 4.69) is 25.4 Å². The first-order valence-corrected chi connectivity index (χ1v) is 10.2. The second kappa shape index (κ2) is 6.86. The molecule has 2 amide bonds. The van der Waals surface area contributed by atoms with E-state index in [0.717, 1.165) is 56.7 Å². The summed E-state index contributed by atoms with van der Waals surface area (Å²) in [5, 5.41) is 15.5. The number of urea groups is 1. The van der Waals surface area contributed by atoms with E-state index in [0.29, 0.717) is 11.1 Å². The normalized spacial score (nSPS) is 18.7. The van der Waals surface area contributed by atoms with Crippen molar-refractivity contribution in [1.29, 1.82) is 0 Å². The maximum Gasteiger partial charge on any atom is 0.316 e. The molecule has 1 aliphatic carbocycles. The minimum Gasteiger partial charge on any atom is -0.456 e. The summed E-state index contributed by atoms with van der Waals surface area (Å²) in [6.07, 6.45) is 5.93. The third kappa shape index (κ3) is 3.07. The number of aromatic nitrogens is 3. The molecule has 1 fully saturated rings. The van der Waals surface area contributed by atoms with E-state index in [1.807, 2.05) is 6.92 Å². The molecule has 1 aromatic carbocycles. The lowest BCUT2D eigenvalue weighted by Gasteiger charge is -2.42. The van der Waals surface area contributed by atoms with Crippen LogP contribution in [0.4, 0.5) is 9.18 Å². The molecule has 0 saturated heterocycles. The van der Waals surface area contributed by atoms with Crippen LogP contribution < -0.4 is 10.6 Å². The Labute approximate surface area is 167 Å². The molecule has 2 aliphatic rings. The number of carbonyl (C=O) groups is 1. The Hall–Kier alpha value is -2.90. The predicted octanol–water partition coefficient (Wildman–Crippen LogP) is 3.94. The Morgan fingerprint density at radius 3 is 2.90 bits per heavy atom. The van der Waals surface area contributed by atoms with Gasteiger partial charge in [-0.25, -0.2) is 9.18 Å². The summed E-state index contributed by atoms with van der Waals surface area (Å²) in [5.41, 5.74) is -0.256. The molecule has 1 unspecified atom stereocenters. The van der Waals surface area contributed by atoms with E-state index < -0.39 is 17.4 Å². The summed E-state index contributed by atoms with van der Waals surface area (Å²) in [6, 6.07) is 5.87. The second-order valence-corrected chi connectivity index (χ2v) is 8.11. The fourth-order valence-electron chi connectivity index (χ4n) is 4.38. The van der Waals surface area contributed by atoms with Crippen LogP contribution in [0.15, 0.2) is 28.7 Å². The molecule has 5 rings (SSSR count). The van der Waals surface area contributed by atoms with E-state index in [4.69, 9.17) is 4.42 Å². The Morgan fingerprint density at radius 1 is 1.28 bits per heavy atom. The summed E-state index contributed by atoms with van der Waals surface area (Å²) >= 11 is 0. The van der Waals surface area contributed by atoms with Crippen LogP contribution >= 0.6 is 0 Å². The summed E-state index contributed by atoms with van der Waals surface area (Å²) in [6.45, 7) is 2.73. The first-order chi connectivity index (χ1) is 14.1. The van der Waals surface area contributed by atoms with E-state index >= 15 is 0 Å². The Kier molecular flexibility index (Phi) is 4.29. The van der Waals surface area contributed by atoms with Crippen molar-refractivity contribution in [1.82, 2.24) is 25.4 Å². The van der Waals surface area contributed by atoms with Crippen LogP contribution in [0.2, 0.25) is 0 Å². The quantitative estimate of drug-likeness (QED) is 0.698. The molecule has 3 heterocycles. The van der Waals surface area contributed by atoms with Gasteiger partial charge in [0, 0.05) is 18.4 Å². The fourth-order valence-corrected chi connectivity index (χ4v) is 4.38. The van der Waals surface area contributed by atoms with Gasteiger partial charge in [-0.1, -0.05) is 12.1 Å². The summed E-state index contributed by atoms with van der Waals surface area (Å²) in [7, 11) is 0. The van der Waals surface area contributed by atoms with Gasteiger partial charge in [-0.2, -0.15) is 0 Å². The van der Waals surface area contributed by atoms with Gasteiger partial charge in [0.05, 0.1) is 6.04 Å². The Balaban J connectivity index is 1.32. The van der Waals surface area contributed by atoms with E-state index in [-0.39, 0.29) is 11.6 Å². The molecule has 152 valence electrons. The second-order valence-electron chi connectivity index (χ2n) is 8.11. The topological polar surface area (TPSA) is 85.0 Å². The number of nitrogens with one attached hydrogen (secondary N) is 2. The van der Waals surface area contributed by atoms with Gasteiger partial charge in [-0.15, -0.1) is 10.2 Å². The molecule has 2 N–H and O–H groups in total. The van der Waals surface area contributed by atoms with Crippen LogP contribution in [-0.4, -0.2) is 20.8 Å². The van der Waals surface area contributed by atoms with Gasteiger partial charge in [0.1, 0.15) is 17.1 Å². The maximum absolute atomic E-state index is 13.9. The first-order valence-electron chi connectivity index (χ1n) is 10.2. The highest BCUT2D eigenvalue weighted by Gasteiger charge is 2.45. The highest BCUT2D eigenvalue weighted by Crippen LogP contribution is 2.41. The molecular formula is C21H24FN5O2. The van der Waals surface area contributed by atoms with Gasteiger partial charge < -0.3 is 19.6 Å². The van der Waals surface area contributed by atoms with E-state index in [1.165, 1.54) is 6.07 Å². The fraction of sp³-hybridized carbons (Fsp3) is 0.476. The average molecular weight is 397 g/mol. The van der Waals surface area contributed by atoms with Crippen molar-refractivity contribution in [2.24, 2.45) is 0 Å². The zero-order valence-corrected chi connectivity index (χ0v) is 16.4. The van der Waals surface area contributed by atoms with E-state index in [9.17, 15) is 9.18 Å². The molecule has 2 aromatic heterocycles. The molecule has 8 heteroatoms. The van der Waals surface area contributed by atoms with Crippen LogP contribution in [0.25, 0.3) is 11.0 Å². The maximum atomic E-state index is 13.9. The first kappa shape index (κ1) is 18.1. The third-order valence-corrected chi connectivity index (χ3v) is 6.14. The van der Waals surface area contributed by atoms with Crippen molar-refractivity contribution in [3.63, 3.8) is 0 Å². The van der Waals surface area contributed by atoms with Crippen molar-refractivity contribution in [2.75, 3.05) is 0 Å². The highest BCUT2D eigenvalue weighted by atomic mass is 19.1. The monoisotopic (exact) mass is 397 g/mol. The van der Waals surface area contributed by atoms with Crippen LogP contribution in [-0.2, 0) is 18.5 Å². The Bertz CT molecular complexity index is 1070. The number of hydrogen-bond acceptors (Lipinski definition) is 4. The van der Waals surface area contributed by atoms with Crippen LogP contribution in [0.1, 0.15) is 62.5 Å². The molecule has 0 radical (unpaired) electrons. The van der Waals surface area contributed by atoms with Gasteiger partial charge in [0.15, 0.2) is 17.2 Å². The SMILES string of the molecule is CC(NC(=O)NC1(c2nnc3n2CCCC3)CCC1)c1cc2cccc(F)c2o1. The number of amides is 2. The number of para-hydroxylation sites is 1. The lowest BCUT2D eigenvalue weighted by Crippen LogP contribution is -2.55. The average Bonchev–Trinajstić information content (AvgIpc) is 3.30. The predicted molar refractivity (Wildman–Crippen MR) is 105 cm³/mol. The lowest BCUT2D eigenvalue weighted by atomic mass is 9.76. The Morgan fingerprint density at radius 2 is 2.14 bits per heavy atom. The van der Waals surface area contributed by atoms with Gasteiger partial charge in [-0.3, -0.25) is 0 Å². The minimum absolute atomic E-state index is 0.210. The molecule has 1 aliphatic heterocycles. The number of nitrogens with zero attached hydrogens (tertiary/aromatic N) is 3. The number of rotatable bonds is 4. The number of hydrogen-bond donors (Lipinski definition) is 2. The number of carbonyl (C=O) groups excluding carboxylic acids is 1. The van der Waals surface area contributed by atoms with Gasteiger partial charge >= 0.3 is 6.03 Å². The molecule has 1 saturated carbocycles. The van der Waals surface area contributed by atoms with Gasteiger partial charge in [0.25, 0.3) is 0 Å². The number of halogens is 1. The lowest BCUT2D eigenvalue weighted by molar-refractivity contribution is 0.161. The highest BCUT2D eigenvalue weighted by molar-refractivity contribution is 5.79. The minimum atomic E-state index is -0.466. The van der Waals surface area contributed by atoms with Crippen molar-refractivity contribution in [3.05, 3.63) is 47.5 Å². The summed E-state index contributed by atoms with van der Waals surface area (Å²) in [5.74, 6) is 1.99. The molecular weight excluding hydrogens is 373 g/mol. The molecule has 0 spiro atoms.